The van der Waals surface area contributed by atoms with Gasteiger partial charge in [-0.1, -0.05) is 19.1 Å². The summed E-state index contributed by atoms with van der Waals surface area (Å²) in [6, 6.07) is 6.28. The monoisotopic (exact) mass is 309 g/mol. The van der Waals surface area contributed by atoms with Crippen molar-refractivity contribution in [2.24, 2.45) is 0 Å². The number of hydrogen-bond donors (Lipinski definition) is 2. The van der Waals surface area contributed by atoms with Gasteiger partial charge in [0.25, 0.3) is 0 Å². The Morgan fingerprint density at radius 1 is 1.33 bits per heavy atom. The molecule has 21 heavy (non-hydrogen) atoms. The van der Waals surface area contributed by atoms with Crippen molar-refractivity contribution in [3.63, 3.8) is 0 Å². The third-order valence-corrected chi connectivity index (χ3v) is 3.18. The highest BCUT2D eigenvalue weighted by atomic mass is 35.5. The summed E-state index contributed by atoms with van der Waals surface area (Å²) in [4.78, 5) is 12.3. The van der Waals surface area contributed by atoms with E-state index in [1.165, 1.54) is 12.1 Å². The molecule has 0 aliphatic carbocycles. The first-order valence-corrected chi connectivity index (χ1v) is 7.10. The van der Waals surface area contributed by atoms with Crippen LogP contribution in [-0.2, 0) is 0 Å². The SMILES string of the molecule is CCC(Nc1nc(N)nc(C(C)Cl)n1)c1cccc(F)c1. The molecule has 2 aromatic rings. The number of benzene rings is 1. The maximum absolute atomic E-state index is 13.3. The molecule has 0 saturated heterocycles. The van der Waals surface area contributed by atoms with Gasteiger partial charge in [-0.3, -0.25) is 0 Å². The Morgan fingerprint density at radius 2 is 2.10 bits per heavy atom. The van der Waals surface area contributed by atoms with Gasteiger partial charge in [-0.25, -0.2) is 4.39 Å². The van der Waals surface area contributed by atoms with Crippen molar-refractivity contribution in [3.8, 4) is 0 Å². The summed E-state index contributed by atoms with van der Waals surface area (Å²) in [5.41, 5.74) is 6.47. The molecular formula is C14H17ClFN5. The van der Waals surface area contributed by atoms with E-state index in [0.717, 1.165) is 12.0 Å². The maximum Gasteiger partial charge on any atom is 0.228 e. The molecule has 5 nitrogen and oxygen atoms in total. The molecule has 1 heterocycles. The van der Waals surface area contributed by atoms with E-state index in [4.69, 9.17) is 17.3 Å². The molecule has 0 fully saturated rings. The number of nitrogen functional groups attached to an aromatic ring is 1. The summed E-state index contributed by atoms with van der Waals surface area (Å²) in [5.74, 6) is 0.559. The normalized spacial score (nSPS) is 13.7. The lowest BCUT2D eigenvalue weighted by atomic mass is 10.0. The molecule has 1 aromatic carbocycles. The van der Waals surface area contributed by atoms with Crippen LogP contribution >= 0.6 is 11.6 Å². The van der Waals surface area contributed by atoms with Crippen LogP contribution in [0.1, 0.15) is 43.1 Å². The fraction of sp³-hybridized carbons (Fsp3) is 0.357. The molecule has 2 atom stereocenters. The van der Waals surface area contributed by atoms with Gasteiger partial charge in [0.15, 0.2) is 5.82 Å². The first kappa shape index (κ1) is 15.4. The van der Waals surface area contributed by atoms with Crippen molar-refractivity contribution in [1.29, 1.82) is 0 Å². The number of nitrogens with one attached hydrogen (secondary N) is 1. The first-order chi connectivity index (χ1) is 9.99. The molecule has 2 rings (SSSR count). The maximum atomic E-state index is 13.3. The molecule has 0 radical (unpaired) electrons. The third kappa shape index (κ3) is 4.01. The highest BCUT2D eigenvalue weighted by Crippen LogP contribution is 2.23. The Hall–Kier alpha value is -1.95. The Kier molecular flexibility index (Phi) is 4.90. The van der Waals surface area contributed by atoms with Gasteiger partial charge < -0.3 is 11.1 Å². The number of aromatic nitrogens is 3. The molecule has 0 aliphatic heterocycles. The van der Waals surface area contributed by atoms with Gasteiger partial charge in [0.2, 0.25) is 11.9 Å². The van der Waals surface area contributed by atoms with E-state index in [9.17, 15) is 4.39 Å². The summed E-state index contributed by atoms with van der Waals surface area (Å²) in [6.07, 6.45) is 0.737. The lowest BCUT2D eigenvalue weighted by molar-refractivity contribution is 0.620. The molecule has 1 aromatic heterocycles. The zero-order valence-corrected chi connectivity index (χ0v) is 12.6. The summed E-state index contributed by atoms with van der Waals surface area (Å²) in [7, 11) is 0. The van der Waals surface area contributed by atoms with Crippen LogP contribution in [0.5, 0.6) is 0 Å². The second-order valence-electron chi connectivity index (χ2n) is 4.65. The Bertz CT molecular complexity index is 620. The summed E-state index contributed by atoms with van der Waals surface area (Å²) >= 11 is 5.97. The number of halogens is 2. The lowest BCUT2D eigenvalue weighted by Crippen LogP contribution is -2.15. The second kappa shape index (κ2) is 6.67. The number of anilines is 2. The predicted octanol–water partition coefficient (Wildman–Crippen LogP) is 3.46. The van der Waals surface area contributed by atoms with Crippen LogP contribution in [0.2, 0.25) is 0 Å². The number of nitrogens with zero attached hydrogens (tertiary/aromatic N) is 3. The van der Waals surface area contributed by atoms with Gasteiger partial charge in [0.1, 0.15) is 5.82 Å². The van der Waals surface area contributed by atoms with Gasteiger partial charge in [0.05, 0.1) is 11.4 Å². The van der Waals surface area contributed by atoms with Crippen LogP contribution in [-0.4, -0.2) is 15.0 Å². The quantitative estimate of drug-likeness (QED) is 0.827. The van der Waals surface area contributed by atoms with Gasteiger partial charge in [0, 0.05) is 0 Å². The molecule has 3 N–H and O–H groups in total. The molecule has 2 unspecified atom stereocenters. The summed E-state index contributed by atoms with van der Waals surface area (Å²) in [6.45, 7) is 3.74. The van der Waals surface area contributed by atoms with Crippen LogP contribution in [0.15, 0.2) is 24.3 Å². The molecule has 0 spiro atoms. The fourth-order valence-electron chi connectivity index (χ4n) is 1.95. The number of hydrogen-bond acceptors (Lipinski definition) is 5. The van der Waals surface area contributed by atoms with E-state index in [2.05, 4.69) is 20.3 Å². The van der Waals surface area contributed by atoms with Gasteiger partial charge in [-0.2, -0.15) is 15.0 Å². The van der Waals surface area contributed by atoms with Crippen LogP contribution in [0.4, 0.5) is 16.3 Å². The molecule has 0 saturated carbocycles. The van der Waals surface area contributed by atoms with Crippen LogP contribution in [0, 0.1) is 5.82 Å². The van der Waals surface area contributed by atoms with Crippen LogP contribution < -0.4 is 11.1 Å². The predicted molar refractivity (Wildman–Crippen MR) is 81.6 cm³/mol. The Labute approximate surface area is 127 Å². The van der Waals surface area contributed by atoms with Gasteiger partial charge in [-0.15, -0.1) is 11.6 Å². The molecule has 0 bridgehead atoms. The highest BCUT2D eigenvalue weighted by Gasteiger charge is 2.14. The molecule has 7 heteroatoms. The van der Waals surface area contributed by atoms with Crippen molar-refractivity contribution in [2.75, 3.05) is 11.1 Å². The van der Waals surface area contributed by atoms with Gasteiger partial charge >= 0.3 is 0 Å². The zero-order chi connectivity index (χ0) is 15.4. The minimum Gasteiger partial charge on any atom is -0.368 e. The number of alkyl halides is 1. The molecular weight excluding hydrogens is 293 g/mol. The number of rotatable bonds is 5. The summed E-state index contributed by atoms with van der Waals surface area (Å²) < 4.78 is 13.3. The second-order valence-corrected chi connectivity index (χ2v) is 5.31. The first-order valence-electron chi connectivity index (χ1n) is 6.67. The Morgan fingerprint density at radius 3 is 2.71 bits per heavy atom. The fourth-order valence-corrected chi connectivity index (χ4v) is 2.05. The average Bonchev–Trinajstić information content (AvgIpc) is 2.44. The van der Waals surface area contributed by atoms with Crippen molar-refractivity contribution in [1.82, 2.24) is 15.0 Å². The Balaban J connectivity index is 2.26. The number of nitrogens with two attached hydrogens (primary N) is 1. The van der Waals surface area contributed by atoms with Crippen molar-refractivity contribution in [2.45, 2.75) is 31.7 Å². The van der Waals surface area contributed by atoms with E-state index < -0.39 is 0 Å². The van der Waals surface area contributed by atoms with E-state index >= 15 is 0 Å². The average molecular weight is 310 g/mol. The van der Waals surface area contributed by atoms with E-state index in [1.807, 2.05) is 13.0 Å². The molecule has 0 aliphatic rings. The highest BCUT2D eigenvalue weighted by molar-refractivity contribution is 6.20. The van der Waals surface area contributed by atoms with Crippen LogP contribution in [0.3, 0.4) is 0 Å². The van der Waals surface area contributed by atoms with Crippen molar-refractivity contribution in [3.05, 3.63) is 41.5 Å². The zero-order valence-electron chi connectivity index (χ0n) is 11.8. The topological polar surface area (TPSA) is 76.7 Å². The lowest BCUT2D eigenvalue weighted by Gasteiger charge is -2.18. The van der Waals surface area contributed by atoms with Crippen molar-refractivity contribution < 1.29 is 4.39 Å². The third-order valence-electron chi connectivity index (χ3n) is 2.99. The minimum absolute atomic E-state index is 0.101. The van der Waals surface area contributed by atoms with Crippen molar-refractivity contribution >= 4 is 23.5 Å². The molecule has 112 valence electrons. The smallest absolute Gasteiger partial charge is 0.228 e. The standard InChI is InChI=1S/C14H17ClFN5/c1-3-11(9-5-4-6-10(16)7-9)18-14-20-12(8(2)15)19-13(17)21-14/h4-8,11H,3H2,1-2H3,(H3,17,18,19,20,21). The van der Waals surface area contributed by atoms with Gasteiger partial charge in [-0.05, 0) is 31.0 Å². The molecule has 0 amide bonds. The van der Waals surface area contributed by atoms with E-state index in [-0.39, 0.29) is 23.2 Å². The largest absolute Gasteiger partial charge is 0.368 e. The minimum atomic E-state index is -0.370. The van der Waals surface area contributed by atoms with Crippen LogP contribution in [0.25, 0.3) is 0 Å². The van der Waals surface area contributed by atoms with E-state index in [0.29, 0.717) is 11.8 Å². The van der Waals surface area contributed by atoms with E-state index in [1.54, 1.807) is 13.0 Å². The summed E-state index contributed by atoms with van der Waals surface area (Å²) in [5, 5.41) is 2.77.